The summed E-state index contributed by atoms with van der Waals surface area (Å²) >= 11 is 0. The predicted octanol–water partition coefficient (Wildman–Crippen LogP) is 2.27. The lowest BCUT2D eigenvalue weighted by atomic mass is 10.0. The molecule has 0 radical (unpaired) electrons. The first-order valence-corrected chi connectivity index (χ1v) is 6.42. The summed E-state index contributed by atoms with van der Waals surface area (Å²) in [6.45, 7) is 1.96. The summed E-state index contributed by atoms with van der Waals surface area (Å²) < 4.78 is 0. The van der Waals surface area contributed by atoms with Crippen LogP contribution in [0.4, 0.5) is 5.82 Å². The molecule has 1 aromatic carbocycles. The number of nitrogens with zero attached hydrogens (tertiary/aromatic N) is 3. The fraction of sp³-hybridized carbons (Fsp3) is 0.267. The Labute approximate surface area is 117 Å². The fourth-order valence-electron chi connectivity index (χ4n) is 1.93. The van der Waals surface area contributed by atoms with Gasteiger partial charge >= 0.3 is 0 Å². The van der Waals surface area contributed by atoms with Gasteiger partial charge in [-0.3, -0.25) is 0 Å². The number of benzene rings is 1. The molecule has 2 aromatic rings. The number of rotatable bonds is 5. The zero-order valence-corrected chi connectivity index (χ0v) is 11.2. The van der Waals surface area contributed by atoms with Gasteiger partial charge in [-0.1, -0.05) is 30.3 Å². The highest BCUT2D eigenvalue weighted by atomic mass is 16.3. The zero-order valence-electron chi connectivity index (χ0n) is 11.2. The summed E-state index contributed by atoms with van der Waals surface area (Å²) in [5, 5.41) is 29.6. The number of anilines is 1. The molecule has 1 aromatic heterocycles. The van der Waals surface area contributed by atoms with Gasteiger partial charge in [-0.15, -0.1) is 10.2 Å². The first-order chi connectivity index (χ1) is 9.69. The number of hydrogen-bond acceptors (Lipinski definition) is 5. The van der Waals surface area contributed by atoms with Crippen molar-refractivity contribution in [3.05, 3.63) is 53.7 Å². The number of nitrogens with one attached hydrogen (secondary N) is 1. The molecule has 2 unspecified atom stereocenters. The van der Waals surface area contributed by atoms with Crippen molar-refractivity contribution in [2.24, 2.45) is 0 Å². The molecule has 0 saturated heterocycles. The van der Waals surface area contributed by atoms with Gasteiger partial charge < -0.3 is 10.4 Å². The summed E-state index contributed by atoms with van der Waals surface area (Å²) in [6.07, 6.45) is 0.0381. The molecule has 0 amide bonds. The van der Waals surface area contributed by atoms with Crippen molar-refractivity contribution >= 4 is 5.82 Å². The minimum absolute atomic E-state index is 0.0347. The fourth-order valence-corrected chi connectivity index (χ4v) is 1.93. The van der Waals surface area contributed by atoms with Crippen LogP contribution in [0.3, 0.4) is 0 Å². The Bertz CT molecular complexity index is 577. The third kappa shape index (κ3) is 3.77. The third-order valence-electron chi connectivity index (χ3n) is 2.93. The van der Waals surface area contributed by atoms with E-state index in [1.54, 1.807) is 12.1 Å². The van der Waals surface area contributed by atoms with Crippen LogP contribution in [-0.2, 0) is 0 Å². The van der Waals surface area contributed by atoms with Gasteiger partial charge in [0, 0.05) is 6.04 Å². The number of nitriles is 1. The van der Waals surface area contributed by atoms with Crippen molar-refractivity contribution in [1.82, 2.24) is 10.2 Å². The van der Waals surface area contributed by atoms with E-state index >= 15 is 0 Å². The van der Waals surface area contributed by atoms with Gasteiger partial charge in [-0.25, -0.2) is 0 Å². The molecule has 0 spiro atoms. The Kier molecular flexibility index (Phi) is 4.64. The first-order valence-electron chi connectivity index (χ1n) is 6.42. The summed E-state index contributed by atoms with van der Waals surface area (Å²) in [5.74, 6) is 0.594. The summed E-state index contributed by atoms with van der Waals surface area (Å²) in [7, 11) is 0. The Morgan fingerprint density at radius 3 is 2.55 bits per heavy atom. The van der Waals surface area contributed by atoms with Crippen molar-refractivity contribution in [3.8, 4) is 6.07 Å². The molecule has 2 N–H and O–H groups in total. The maximum absolute atomic E-state index is 10.1. The van der Waals surface area contributed by atoms with Crippen molar-refractivity contribution in [1.29, 1.82) is 5.26 Å². The number of hydrogen-bond donors (Lipinski definition) is 2. The molecule has 0 saturated carbocycles. The monoisotopic (exact) mass is 268 g/mol. The minimum atomic E-state index is -0.523. The first kappa shape index (κ1) is 14.0. The summed E-state index contributed by atoms with van der Waals surface area (Å²) in [4.78, 5) is 0. The summed E-state index contributed by atoms with van der Waals surface area (Å²) in [6, 6.07) is 14.8. The smallest absolute Gasteiger partial charge is 0.163 e. The second-order valence-electron chi connectivity index (χ2n) is 4.62. The molecule has 0 aliphatic carbocycles. The Balaban J connectivity index is 1.92. The van der Waals surface area contributed by atoms with E-state index in [1.807, 2.05) is 43.3 Å². The van der Waals surface area contributed by atoms with Gasteiger partial charge in [-0.2, -0.15) is 5.26 Å². The van der Waals surface area contributed by atoms with Crippen molar-refractivity contribution in [3.63, 3.8) is 0 Å². The molecule has 102 valence electrons. The zero-order chi connectivity index (χ0) is 14.4. The van der Waals surface area contributed by atoms with Crippen LogP contribution in [0.2, 0.25) is 0 Å². The quantitative estimate of drug-likeness (QED) is 0.869. The number of aliphatic hydroxyl groups is 1. The second kappa shape index (κ2) is 6.64. The molecule has 20 heavy (non-hydrogen) atoms. The highest BCUT2D eigenvalue weighted by Crippen LogP contribution is 2.19. The maximum Gasteiger partial charge on any atom is 0.163 e. The number of aromatic nitrogens is 2. The van der Waals surface area contributed by atoms with Gasteiger partial charge in [0.25, 0.3) is 0 Å². The van der Waals surface area contributed by atoms with E-state index in [4.69, 9.17) is 5.26 Å². The lowest BCUT2D eigenvalue weighted by Gasteiger charge is -2.18. The molecule has 0 aliphatic rings. The molecule has 0 fully saturated rings. The second-order valence-corrected chi connectivity index (χ2v) is 4.62. The van der Waals surface area contributed by atoms with Crippen LogP contribution in [0.1, 0.15) is 30.7 Å². The summed E-state index contributed by atoms with van der Waals surface area (Å²) in [5.41, 5.74) is 1.18. The molecular formula is C15H16N4O. The Morgan fingerprint density at radius 2 is 1.95 bits per heavy atom. The van der Waals surface area contributed by atoms with E-state index < -0.39 is 6.10 Å². The van der Waals surface area contributed by atoms with Crippen LogP contribution in [0.15, 0.2) is 42.5 Å². The van der Waals surface area contributed by atoms with E-state index in [1.165, 1.54) is 0 Å². The van der Waals surface area contributed by atoms with Crippen LogP contribution < -0.4 is 5.32 Å². The molecule has 5 heteroatoms. The average molecular weight is 268 g/mol. The average Bonchev–Trinajstić information content (AvgIpc) is 2.49. The van der Waals surface area contributed by atoms with Crippen LogP contribution >= 0.6 is 0 Å². The normalized spacial score (nSPS) is 13.2. The maximum atomic E-state index is 10.1. The Morgan fingerprint density at radius 1 is 1.20 bits per heavy atom. The van der Waals surface area contributed by atoms with Gasteiger partial charge in [-0.05, 0) is 31.0 Å². The molecule has 0 bridgehead atoms. The highest BCUT2D eigenvalue weighted by molar-refractivity contribution is 5.36. The molecule has 0 aliphatic heterocycles. The Hall–Kier alpha value is -2.45. The van der Waals surface area contributed by atoms with E-state index in [-0.39, 0.29) is 11.7 Å². The molecule has 1 heterocycles. The third-order valence-corrected chi connectivity index (χ3v) is 2.93. The lowest BCUT2D eigenvalue weighted by molar-refractivity contribution is 0.162. The van der Waals surface area contributed by atoms with Gasteiger partial charge in [0.1, 0.15) is 11.9 Å². The van der Waals surface area contributed by atoms with Crippen molar-refractivity contribution in [2.75, 3.05) is 5.32 Å². The van der Waals surface area contributed by atoms with Crippen LogP contribution in [0.5, 0.6) is 0 Å². The standard InChI is InChI=1S/C15H16N4O/c1-11(9-14(20)12-5-3-2-4-6-12)17-15-8-7-13(10-16)18-19-15/h2-8,11,14,20H,9H2,1H3,(H,17,19). The molecular weight excluding hydrogens is 252 g/mol. The SMILES string of the molecule is CC(CC(O)c1ccccc1)Nc1ccc(C#N)nn1. The highest BCUT2D eigenvalue weighted by Gasteiger charge is 2.12. The molecule has 2 rings (SSSR count). The number of aliphatic hydroxyl groups excluding tert-OH is 1. The van der Waals surface area contributed by atoms with E-state index in [2.05, 4.69) is 15.5 Å². The lowest BCUT2D eigenvalue weighted by Crippen LogP contribution is -2.19. The van der Waals surface area contributed by atoms with Crippen LogP contribution in [0.25, 0.3) is 0 Å². The van der Waals surface area contributed by atoms with E-state index in [9.17, 15) is 5.11 Å². The van der Waals surface area contributed by atoms with E-state index in [0.717, 1.165) is 5.56 Å². The van der Waals surface area contributed by atoms with Crippen molar-refractivity contribution in [2.45, 2.75) is 25.5 Å². The van der Waals surface area contributed by atoms with Crippen molar-refractivity contribution < 1.29 is 5.11 Å². The van der Waals surface area contributed by atoms with Crippen LogP contribution in [0, 0.1) is 11.3 Å². The minimum Gasteiger partial charge on any atom is -0.388 e. The molecule has 5 nitrogen and oxygen atoms in total. The van der Waals surface area contributed by atoms with Crippen LogP contribution in [-0.4, -0.2) is 21.3 Å². The van der Waals surface area contributed by atoms with Gasteiger partial charge in [0.05, 0.1) is 6.10 Å². The van der Waals surface area contributed by atoms with E-state index in [0.29, 0.717) is 12.2 Å². The van der Waals surface area contributed by atoms with Gasteiger partial charge in [0.15, 0.2) is 5.69 Å². The largest absolute Gasteiger partial charge is 0.388 e. The van der Waals surface area contributed by atoms with Gasteiger partial charge in [0.2, 0.25) is 0 Å². The topological polar surface area (TPSA) is 81.8 Å². The predicted molar refractivity (Wildman–Crippen MR) is 75.9 cm³/mol. The molecule has 2 atom stereocenters.